The van der Waals surface area contributed by atoms with E-state index in [0.717, 1.165) is 0 Å². The summed E-state index contributed by atoms with van der Waals surface area (Å²) >= 11 is 0. The number of carbonyl (C=O) groups is 4. The van der Waals surface area contributed by atoms with Gasteiger partial charge in [0.2, 0.25) is 0 Å². The smallest absolute Gasteiger partial charge is 0.324 e. The quantitative estimate of drug-likeness (QED) is 0.102. The van der Waals surface area contributed by atoms with E-state index in [1.165, 1.54) is 10.6 Å². The highest BCUT2D eigenvalue weighted by atomic mass is 16.2. The molecular formula is C60H38N12O4. The largest absolute Gasteiger partial charge is 0.333 e. The summed E-state index contributed by atoms with van der Waals surface area (Å²) in [7, 11) is 0. The molecule has 8 aromatic carbocycles. The van der Waals surface area contributed by atoms with Gasteiger partial charge in [-0.25, -0.2) is 39.3 Å². The summed E-state index contributed by atoms with van der Waals surface area (Å²) in [5.41, 5.74) is 4.41. The van der Waals surface area contributed by atoms with Crippen LogP contribution in [0.3, 0.4) is 0 Å². The Bertz CT molecular complexity index is 4370. The van der Waals surface area contributed by atoms with Crippen LogP contribution >= 0.6 is 0 Å². The molecule has 13 rings (SSSR count). The standard InChI is InChI=1S/C60H38N12O4/c73-57(61-34-19-5-1-6-20-34)45-33-44-46(48(59(75)63-36-23-9-3-10-24-36)47(45)58(74)62-35-21-7-2-8-22-35)54-68-50-39-28-14-16-30-41(39)52(66-50)71-56-43-32-18-17-31-42(43)55(72(56)60(76)64-37-25-11-4-12-26-37)70-51-40-29-15-13-27-38(40)49(65-51)67-53(44)69-54/h1-33H,(H,61,73)(H,62,74)(H,63,75)(H,64,76)(H,65,66,67,68,69,70,71). The summed E-state index contributed by atoms with van der Waals surface area (Å²) in [6, 6.07) is 58.7. The van der Waals surface area contributed by atoms with Gasteiger partial charge >= 0.3 is 6.03 Å². The van der Waals surface area contributed by atoms with E-state index >= 15 is 9.59 Å². The van der Waals surface area contributed by atoms with Crippen molar-refractivity contribution in [1.29, 1.82) is 0 Å². The number of carbonyl (C=O) groups excluding carboxylic acids is 4. The van der Waals surface area contributed by atoms with E-state index in [2.05, 4.69) is 26.3 Å². The Balaban J connectivity index is 1.18. The van der Waals surface area contributed by atoms with Crippen LogP contribution in [0.25, 0.3) is 89.7 Å². The van der Waals surface area contributed by atoms with Gasteiger partial charge in [0.1, 0.15) is 11.3 Å². The van der Waals surface area contributed by atoms with Gasteiger partial charge in [0.25, 0.3) is 17.7 Å². The Morgan fingerprint density at radius 1 is 0.355 bits per heavy atom. The van der Waals surface area contributed by atoms with Crippen molar-refractivity contribution in [2.75, 3.05) is 21.3 Å². The zero-order valence-corrected chi connectivity index (χ0v) is 39.8. The molecule has 362 valence electrons. The zero-order chi connectivity index (χ0) is 51.3. The van der Waals surface area contributed by atoms with Gasteiger partial charge < -0.3 is 26.3 Å². The lowest BCUT2D eigenvalue weighted by molar-refractivity contribution is 0.0979. The van der Waals surface area contributed by atoms with Crippen LogP contribution in [0.4, 0.5) is 27.5 Å². The zero-order valence-electron chi connectivity index (χ0n) is 39.8. The molecule has 3 aromatic heterocycles. The molecule has 0 atom stereocenters. The molecule has 76 heavy (non-hydrogen) atoms. The van der Waals surface area contributed by atoms with Gasteiger partial charge in [0.05, 0.1) is 16.7 Å². The highest BCUT2D eigenvalue weighted by Gasteiger charge is 2.32. The van der Waals surface area contributed by atoms with Crippen molar-refractivity contribution >= 4 is 90.6 Å². The van der Waals surface area contributed by atoms with Crippen molar-refractivity contribution in [3.63, 3.8) is 0 Å². The van der Waals surface area contributed by atoms with Gasteiger partial charge in [-0.05, 0) is 54.6 Å². The second-order valence-corrected chi connectivity index (χ2v) is 17.8. The molecule has 5 N–H and O–H groups in total. The summed E-state index contributed by atoms with van der Waals surface area (Å²) in [4.78, 5) is 94.7. The fourth-order valence-electron chi connectivity index (χ4n) is 9.59. The Hall–Kier alpha value is -11.0. The van der Waals surface area contributed by atoms with E-state index in [0.29, 0.717) is 55.8 Å². The van der Waals surface area contributed by atoms with Crippen molar-refractivity contribution < 1.29 is 19.2 Å². The minimum atomic E-state index is -0.743. The highest BCUT2D eigenvalue weighted by Crippen LogP contribution is 2.40. The Labute approximate surface area is 431 Å². The van der Waals surface area contributed by atoms with Gasteiger partial charge in [-0.1, -0.05) is 146 Å². The molecule has 0 saturated heterocycles. The number of aromatic nitrogens is 8. The van der Waals surface area contributed by atoms with Crippen LogP contribution in [-0.4, -0.2) is 63.2 Å². The molecule has 0 fully saturated rings. The van der Waals surface area contributed by atoms with Crippen molar-refractivity contribution in [1.82, 2.24) is 39.5 Å². The second kappa shape index (κ2) is 18.6. The van der Waals surface area contributed by atoms with Crippen molar-refractivity contribution in [3.8, 4) is 45.6 Å². The predicted octanol–water partition coefficient (Wildman–Crippen LogP) is 12.2. The molecule has 2 aliphatic heterocycles. The summed E-state index contributed by atoms with van der Waals surface area (Å²) in [5, 5.41) is 13.5. The number of nitrogens with zero attached hydrogens (tertiary/aromatic N) is 7. The lowest BCUT2D eigenvalue weighted by Gasteiger charge is -2.17. The molecule has 5 heterocycles. The number of fused-ring (bicyclic) bond motifs is 20. The normalized spacial score (nSPS) is 11.4. The number of para-hydroxylation sites is 4. The number of nitrogens with one attached hydrogen (secondary N) is 5. The van der Waals surface area contributed by atoms with E-state index in [9.17, 15) is 9.59 Å². The molecule has 0 spiro atoms. The molecule has 16 nitrogen and oxygen atoms in total. The molecule has 0 unspecified atom stereocenters. The van der Waals surface area contributed by atoms with E-state index in [-0.39, 0.29) is 73.3 Å². The van der Waals surface area contributed by atoms with E-state index < -0.39 is 23.8 Å². The van der Waals surface area contributed by atoms with Gasteiger partial charge in [0.15, 0.2) is 34.6 Å². The number of hydrogen-bond acceptors (Lipinski definition) is 10. The topological polar surface area (TPSA) is 214 Å². The average Bonchev–Trinajstić information content (AvgIpc) is 4.26. The van der Waals surface area contributed by atoms with Crippen LogP contribution in [0.1, 0.15) is 31.1 Å². The van der Waals surface area contributed by atoms with Crippen molar-refractivity contribution in [3.05, 3.63) is 217 Å². The molecule has 11 aromatic rings. The van der Waals surface area contributed by atoms with Crippen molar-refractivity contribution in [2.45, 2.75) is 0 Å². The molecule has 4 amide bonds. The van der Waals surface area contributed by atoms with E-state index in [1.807, 2.05) is 109 Å². The van der Waals surface area contributed by atoms with Crippen LogP contribution in [0.5, 0.6) is 0 Å². The van der Waals surface area contributed by atoms with Gasteiger partial charge in [-0.15, -0.1) is 0 Å². The molecule has 0 saturated carbocycles. The number of benzene rings is 8. The number of anilines is 4. The number of aromatic amines is 1. The number of amides is 4. The fraction of sp³-hybridized carbons (Fsp3) is 0. The van der Waals surface area contributed by atoms with Crippen LogP contribution in [0, 0.1) is 0 Å². The predicted molar refractivity (Wildman–Crippen MR) is 294 cm³/mol. The first-order chi connectivity index (χ1) is 37.3. The first-order valence-electron chi connectivity index (χ1n) is 24.1. The maximum Gasteiger partial charge on any atom is 0.333 e. The first-order valence-corrected chi connectivity index (χ1v) is 24.1. The Morgan fingerprint density at radius 2 is 0.724 bits per heavy atom. The van der Waals surface area contributed by atoms with Gasteiger partial charge in [-0.2, -0.15) is 0 Å². The maximum absolute atomic E-state index is 15.4. The molecular weight excluding hydrogens is 953 g/mol. The third-order valence-electron chi connectivity index (χ3n) is 13.0. The van der Waals surface area contributed by atoms with E-state index in [1.54, 1.807) is 84.9 Å². The van der Waals surface area contributed by atoms with Crippen LogP contribution in [-0.2, 0) is 0 Å². The third kappa shape index (κ3) is 8.00. The van der Waals surface area contributed by atoms with Gasteiger partial charge in [0, 0.05) is 66.5 Å². The highest BCUT2D eigenvalue weighted by molar-refractivity contribution is 6.29. The van der Waals surface area contributed by atoms with Crippen LogP contribution in [0.15, 0.2) is 200 Å². The molecule has 0 radical (unpaired) electrons. The minimum Gasteiger partial charge on any atom is -0.324 e. The molecule has 2 aliphatic rings. The summed E-state index contributed by atoms with van der Waals surface area (Å²) < 4.78 is 1.43. The molecule has 16 heteroatoms. The first kappa shape index (κ1) is 44.9. The second-order valence-electron chi connectivity index (χ2n) is 17.8. The molecule has 0 aliphatic carbocycles. The maximum atomic E-state index is 15.4. The monoisotopic (exact) mass is 990 g/mol. The lowest BCUT2D eigenvalue weighted by atomic mass is 9.93. The van der Waals surface area contributed by atoms with Crippen molar-refractivity contribution in [2.24, 2.45) is 0 Å². The number of rotatable bonds is 7. The number of hydrogen-bond donors (Lipinski definition) is 5. The van der Waals surface area contributed by atoms with Gasteiger partial charge in [-0.3, -0.25) is 14.4 Å². The lowest BCUT2D eigenvalue weighted by Crippen LogP contribution is -2.26. The molecule has 8 bridgehead atoms. The minimum absolute atomic E-state index is 0.0803. The third-order valence-corrected chi connectivity index (χ3v) is 13.0. The van der Waals surface area contributed by atoms with Crippen LogP contribution < -0.4 is 21.3 Å². The van der Waals surface area contributed by atoms with Crippen LogP contribution in [0.2, 0.25) is 0 Å². The fourth-order valence-corrected chi connectivity index (χ4v) is 9.59. The summed E-state index contributed by atoms with van der Waals surface area (Å²) in [6.45, 7) is 0. The Morgan fingerprint density at radius 3 is 1.18 bits per heavy atom. The summed E-state index contributed by atoms with van der Waals surface area (Å²) in [6.07, 6.45) is 0. The Kier molecular flexibility index (Phi) is 11.0. The van der Waals surface area contributed by atoms with E-state index in [4.69, 9.17) is 29.9 Å². The number of H-pyrrole nitrogens is 1. The average molecular weight is 991 g/mol. The SMILES string of the molecule is O=C(Nc1ccccc1)c1cc2c3nc4nc(nc5c6ccccc6c(nc6nc(nc([nH]3)c2c(C(=O)Nc2ccccc2)c1C(=O)Nc1ccccc1)-c1ccccc1-6)n5C(=O)Nc1ccccc1)-c1ccccc1-4. The summed E-state index contributed by atoms with van der Waals surface area (Å²) in [5.74, 6) is -1.26.